The molecule has 0 aliphatic carbocycles. The zero-order valence-electron chi connectivity index (χ0n) is 11.0. The Bertz CT molecular complexity index is 555. The van der Waals surface area contributed by atoms with Crippen LogP contribution in [0.5, 0.6) is 5.75 Å². The van der Waals surface area contributed by atoms with Crippen LogP contribution in [0.2, 0.25) is 5.02 Å². The van der Waals surface area contributed by atoms with Gasteiger partial charge in [-0.2, -0.15) is 0 Å². The summed E-state index contributed by atoms with van der Waals surface area (Å²) in [5.74, 6) is 0.530. The molecule has 20 heavy (non-hydrogen) atoms. The number of rotatable bonds is 5. The van der Waals surface area contributed by atoms with Crippen molar-refractivity contribution in [2.24, 2.45) is 10.6 Å². The first-order chi connectivity index (χ1) is 9.39. The fourth-order valence-corrected chi connectivity index (χ4v) is 3.76. The second-order valence-electron chi connectivity index (χ2n) is 5.17. The summed E-state index contributed by atoms with van der Waals surface area (Å²) in [4.78, 5) is 0. The fourth-order valence-electron chi connectivity index (χ4n) is 2.35. The minimum absolute atomic E-state index is 0.0933. The van der Waals surface area contributed by atoms with Gasteiger partial charge in [0.05, 0.1) is 12.4 Å². The van der Waals surface area contributed by atoms with E-state index in [0.29, 0.717) is 36.8 Å². The van der Waals surface area contributed by atoms with Gasteiger partial charge in [0.2, 0.25) is 10.0 Å². The van der Waals surface area contributed by atoms with Crippen molar-refractivity contribution in [3.05, 3.63) is 29.3 Å². The molecule has 1 heterocycles. The fraction of sp³-hybridized carbons (Fsp3) is 0.538. The molecule has 1 fully saturated rings. The average molecular weight is 320 g/mol. The summed E-state index contributed by atoms with van der Waals surface area (Å²) in [6.45, 7) is 1.33. The second kappa shape index (κ2) is 6.30. The molecule has 1 saturated heterocycles. The molecule has 1 aliphatic heterocycles. The molecule has 0 bridgehead atoms. The number of primary sulfonamides is 1. The average Bonchev–Trinajstić information content (AvgIpc) is 2.36. The molecular formula is C13H18ClNO4S. The van der Waals surface area contributed by atoms with Crippen molar-refractivity contribution < 1.29 is 17.9 Å². The van der Waals surface area contributed by atoms with Crippen LogP contribution >= 0.6 is 11.6 Å². The van der Waals surface area contributed by atoms with Gasteiger partial charge < -0.3 is 9.47 Å². The first kappa shape index (κ1) is 15.6. The summed E-state index contributed by atoms with van der Waals surface area (Å²) >= 11 is 5.89. The number of halogens is 1. The Hall–Kier alpha value is -0.820. The van der Waals surface area contributed by atoms with Crippen LogP contribution < -0.4 is 9.88 Å². The Morgan fingerprint density at radius 3 is 2.65 bits per heavy atom. The van der Waals surface area contributed by atoms with E-state index < -0.39 is 15.4 Å². The minimum Gasteiger partial charge on any atom is -0.493 e. The molecule has 1 aromatic carbocycles. The van der Waals surface area contributed by atoms with Crippen LogP contribution in [-0.4, -0.2) is 34.0 Å². The SMILES string of the molecule is NS(=O)(=O)CC1(COc2cccc(Cl)c2)CCOCC1. The van der Waals surface area contributed by atoms with E-state index in [1.807, 2.05) is 0 Å². The van der Waals surface area contributed by atoms with Crippen molar-refractivity contribution in [2.45, 2.75) is 12.8 Å². The highest BCUT2D eigenvalue weighted by Gasteiger charge is 2.37. The third kappa shape index (κ3) is 4.63. The van der Waals surface area contributed by atoms with Gasteiger partial charge in [-0.3, -0.25) is 0 Å². The standard InChI is InChI=1S/C13H18ClNO4S/c14-11-2-1-3-12(8-11)19-9-13(10-20(15,16)17)4-6-18-7-5-13/h1-3,8H,4-7,9-10H2,(H2,15,16,17). The quantitative estimate of drug-likeness (QED) is 0.897. The molecule has 1 aliphatic rings. The van der Waals surface area contributed by atoms with E-state index in [4.69, 9.17) is 26.2 Å². The maximum Gasteiger partial charge on any atom is 0.209 e. The molecule has 0 amide bonds. The van der Waals surface area contributed by atoms with Crippen molar-refractivity contribution in [1.29, 1.82) is 0 Å². The highest BCUT2D eigenvalue weighted by Crippen LogP contribution is 2.33. The number of sulfonamides is 1. The van der Waals surface area contributed by atoms with Crippen LogP contribution in [0.15, 0.2) is 24.3 Å². The lowest BCUT2D eigenvalue weighted by Crippen LogP contribution is -2.42. The van der Waals surface area contributed by atoms with Gasteiger partial charge in [-0.25, -0.2) is 13.6 Å². The second-order valence-corrected chi connectivity index (χ2v) is 7.22. The summed E-state index contributed by atoms with van der Waals surface area (Å²) in [6, 6.07) is 7.03. The van der Waals surface area contributed by atoms with E-state index in [0.717, 1.165) is 0 Å². The molecule has 0 unspecified atom stereocenters. The third-order valence-electron chi connectivity index (χ3n) is 3.40. The Labute approximate surface area is 124 Å². The highest BCUT2D eigenvalue weighted by atomic mass is 35.5. The van der Waals surface area contributed by atoms with Gasteiger partial charge in [0.1, 0.15) is 5.75 Å². The van der Waals surface area contributed by atoms with Gasteiger partial charge in [0, 0.05) is 23.7 Å². The lowest BCUT2D eigenvalue weighted by Gasteiger charge is -2.36. The molecule has 0 radical (unpaired) electrons. The maximum atomic E-state index is 11.4. The maximum absolute atomic E-state index is 11.4. The Morgan fingerprint density at radius 1 is 1.35 bits per heavy atom. The molecule has 7 heteroatoms. The van der Waals surface area contributed by atoms with Gasteiger partial charge in [-0.15, -0.1) is 0 Å². The van der Waals surface area contributed by atoms with Crippen LogP contribution in [0.25, 0.3) is 0 Å². The molecule has 0 spiro atoms. The first-order valence-corrected chi connectivity index (χ1v) is 8.45. The minimum atomic E-state index is -3.56. The summed E-state index contributed by atoms with van der Waals surface area (Å²) in [5, 5.41) is 5.78. The third-order valence-corrected chi connectivity index (χ3v) is 4.65. The largest absolute Gasteiger partial charge is 0.493 e. The molecule has 5 nitrogen and oxygen atoms in total. The van der Waals surface area contributed by atoms with Crippen LogP contribution in [0.4, 0.5) is 0 Å². The van der Waals surface area contributed by atoms with E-state index in [1.54, 1.807) is 24.3 Å². The van der Waals surface area contributed by atoms with Crippen LogP contribution in [0.1, 0.15) is 12.8 Å². The van der Waals surface area contributed by atoms with E-state index in [-0.39, 0.29) is 12.4 Å². The van der Waals surface area contributed by atoms with E-state index in [9.17, 15) is 8.42 Å². The monoisotopic (exact) mass is 319 g/mol. The van der Waals surface area contributed by atoms with Gasteiger partial charge in [0.25, 0.3) is 0 Å². The topological polar surface area (TPSA) is 78.6 Å². The van der Waals surface area contributed by atoms with Crippen LogP contribution in [0, 0.1) is 5.41 Å². The number of benzene rings is 1. The number of ether oxygens (including phenoxy) is 2. The summed E-state index contributed by atoms with van der Waals surface area (Å²) in [6.07, 6.45) is 1.23. The highest BCUT2D eigenvalue weighted by molar-refractivity contribution is 7.89. The smallest absolute Gasteiger partial charge is 0.209 e. The Balaban J connectivity index is 2.08. The van der Waals surface area contributed by atoms with Gasteiger partial charge in [0.15, 0.2) is 0 Å². The first-order valence-electron chi connectivity index (χ1n) is 6.35. The molecule has 1 aromatic rings. The molecule has 2 N–H and O–H groups in total. The van der Waals surface area contributed by atoms with E-state index in [1.165, 1.54) is 0 Å². The van der Waals surface area contributed by atoms with Crippen LogP contribution in [0.3, 0.4) is 0 Å². The van der Waals surface area contributed by atoms with Gasteiger partial charge in [-0.05, 0) is 31.0 Å². The van der Waals surface area contributed by atoms with Gasteiger partial charge >= 0.3 is 0 Å². The lowest BCUT2D eigenvalue weighted by atomic mass is 9.83. The van der Waals surface area contributed by atoms with E-state index >= 15 is 0 Å². The zero-order chi connectivity index (χ0) is 14.6. The molecular weight excluding hydrogens is 302 g/mol. The van der Waals surface area contributed by atoms with Crippen molar-refractivity contribution in [3.63, 3.8) is 0 Å². The number of hydrogen-bond donors (Lipinski definition) is 1. The molecule has 0 aromatic heterocycles. The summed E-state index contributed by atoms with van der Waals surface area (Å²) in [7, 11) is -3.56. The predicted octanol–water partition coefficient (Wildman–Crippen LogP) is 1.80. The van der Waals surface area contributed by atoms with Crippen molar-refractivity contribution in [1.82, 2.24) is 0 Å². The van der Waals surface area contributed by atoms with Crippen molar-refractivity contribution >= 4 is 21.6 Å². The normalized spacial score (nSPS) is 18.7. The van der Waals surface area contributed by atoms with Crippen molar-refractivity contribution in [3.8, 4) is 5.75 Å². The summed E-state index contributed by atoms with van der Waals surface area (Å²) in [5.41, 5.74) is -0.492. The van der Waals surface area contributed by atoms with Crippen molar-refractivity contribution in [2.75, 3.05) is 25.6 Å². The Kier molecular flexibility index (Phi) is 4.90. The number of nitrogens with two attached hydrogens (primary N) is 1. The predicted molar refractivity (Wildman–Crippen MR) is 77.4 cm³/mol. The van der Waals surface area contributed by atoms with Crippen LogP contribution in [-0.2, 0) is 14.8 Å². The number of hydrogen-bond acceptors (Lipinski definition) is 4. The molecule has 2 rings (SSSR count). The lowest BCUT2D eigenvalue weighted by molar-refractivity contribution is 0.00210. The molecule has 0 saturated carbocycles. The van der Waals surface area contributed by atoms with E-state index in [2.05, 4.69) is 0 Å². The van der Waals surface area contributed by atoms with Gasteiger partial charge in [-0.1, -0.05) is 17.7 Å². The molecule has 0 atom stereocenters. The molecule has 112 valence electrons. The summed E-state index contributed by atoms with van der Waals surface area (Å²) < 4.78 is 33.9. The zero-order valence-corrected chi connectivity index (χ0v) is 12.6. The Morgan fingerprint density at radius 2 is 2.05 bits per heavy atom.